The molecule has 2 amide bonds. The number of carbonyl (C=O) groups excluding carboxylic acids is 2. The van der Waals surface area contributed by atoms with Crippen LogP contribution in [0, 0.1) is 0 Å². The Morgan fingerprint density at radius 1 is 1.07 bits per heavy atom. The van der Waals surface area contributed by atoms with Crippen LogP contribution in [0.15, 0.2) is 42.5 Å². The Balaban J connectivity index is 1.93. The third-order valence-corrected chi connectivity index (χ3v) is 6.35. The monoisotopic (exact) mass is 386 g/mol. The molecular weight excluding hydrogens is 364 g/mol. The summed E-state index contributed by atoms with van der Waals surface area (Å²) >= 11 is 0. The summed E-state index contributed by atoms with van der Waals surface area (Å²) in [5.41, 5.74) is 3.37. The number of rotatable bonds is 5. The van der Waals surface area contributed by atoms with Gasteiger partial charge in [-0.15, -0.1) is 0 Å². The summed E-state index contributed by atoms with van der Waals surface area (Å²) in [6.45, 7) is 4.05. The summed E-state index contributed by atoms with van der Waals surface area (Å²) in [7, 11) is -3.66. The molecule has 3 rings (SSSR count). The fourth-order valence-electron chi connectivity index (χ4n) is 3.23. The van der Waals surface area contributed by atoms with E-state index in [2.05, 4.69) is 5.32 Å². The van der Waals surface area contributed by atoms with E-state index in [4.69, 9.17) is 0 Å². The van der Waals surface area contributed by atoms with Gasteiger partial charge in [0.2, 0.25) is 15.9 Å². The minimum atomic E-state index is -3.66. The Kier molecular flexibility index (Phi) is 5.32. The fraction of sp³-hybridized carbons (Fsp3) is 0.300. The molecule has 0 unspecified atom stereocenters. The third-order valence-electron chi connectivity index (χ3n) is 4.66. The van der Waals surface area contributed by atoms with Crippen molar-refractivity contribution >= 4 is 33.2 Å². The van der Waals surface area contributed by atoms with Gasteiger partial charge in [-0.1, -0.05) is 38.1 Å². The predicted molar refractivity (Wildman–Crippen MR) is 105 cm³/mol. The number of nitrogens with one attached hydrogen (secondary N) is 1. The highest BCUT2D eigenvalue weighted by Crippen LogP contribution is 2.27. The second-order valence-corrected chi connectivity index (χ2v) is 8.32. The lowest BCUT2D eigenvalue weighted by Gasteiger charge is -2.17. The largest absolute Gasteiger partial charge is 0.321 e. The van der Waals surface area contributed by atoms with Crippen LogP contribution in [-0.2, 0) is 27.7 Å². The van der Waals surface area contributed by atoms with Crippen LogP contribution in [0.2, 0.25) is 0 Å². The van der Waals surface area contributed by atoms with Gasteiger partial charge in [-0.25, -0.2) is 12.7 Å². The first-order chi connectivity index (χ1) is 12.9. The molecule has 1 saturated heterocycles. The van der Waals surface area contributed by atoms with Crippen molar-refractivity contribution in [1.82, 2.24) is 0 Å². The Labute approximate surface area is 159 Å². The summed E-state index contributed by atoms with van der Waals surface area (Å²) in [5.74, 6) is -1.01. The average Bonchev–Trinajstić information content (AvgIpc) is 2.94. The molecule has 2 aromatic rings. The Morgan fingerprint density at radius 2 is 1.70 bits per heavy atom. The Hall–Kier alpha value is -2.67. The zero-order chi connectivity index (χ0) is 19.6. The highest BCUT2D eigenvalue weighted by atomic mass is 32.2. The lowest BCUT2D eigenvalue weighted by Crippen LogP contribution is -2.29. The maximum absolute atomic E-state index is 12.8. The molecule has 1 heterocycles. The van der Waals surface area contributed by atoms with Crippen LogP contribution < -0.4 is 9.62 Å². The van der Waals surface area contributed by atoms with Crippen molar-refractivity contribution in [3.8, 4) is 0 Å². The summed E-state index contributed by atoms with van der Waals surface area (Å²) in [6.07, 6.45) is 1.52. The van der Waals surface area contributed by atoms with E-state index >= 15 is 0 Å². The maximum atomic E-state index is 12.8. The lowest BCUT2D eigenvalue weighted by atomic mass is 10.0. The van der Waals surface area contributed by atoms with Crippen LogP contribution in [0.25, 0.3) is 0 Å². The fourth-order valence-corrected chi connectivity index (χ4v) is 4.68. The SMILES string of the molecule is CCc1cccc(CC)c1NC(=O)c1cccc(N2C(=O)CCS2(=O)=O)c1. The van der Waals surface area contributed by atoms with E-state index in [9.17, 15) is 18.0 Å². The minimum absolute atomic E-state index is 0.0392. The lowest BCUT2D eigenvalue weighted by molar-refractivity contribution is -0.116. The molecule has 0 aromatic heterocycles. The van der Waals surface area contributed by atoms with Crippen molar-refractivity contribution < 1.29 is 18.0 Å². The van der Waals surface area contributed by atoms with Crippen molar-refractivity contribution in [2.75, 3.05) is 15.4 Å². The van der Waals surface area contributed by atoms with Crippen LogP contribution in [0.5, 0.6) is 0 Å². The molecule has 2 aromatic carbocycles. The van der Waals surface area contributed by atoms with Crippen LogP contribution in [0.1, 0.15) is 41.8 Å². The summed E-state index contributed by atoms with van der Waals surface area (Å²) in [6, 6.07) is 12.1. The van der Waals surface area contributed by atoms with E-state index in [1.54, 1.807) is 12.1 Å². The van der Waals surface area contributed by atoms with Crippen LogP contribution in [-0.4, -0.2) is 26.0 Å². The van der Waals surface area contributed by atoms with Gasteiger partial charge in [-0.05, 0) is 42.2 Å². The minimum Gasteiger partial charge on any atom is -0.321 e. The molecule has 0 atom stereocenters. The second-order valence-electron chi connectivity index (χ2n) is 6.39. The number of anilines is 2. The quantitative estimate of drug-likeness (QED) is 0.856. The zero-order valence-corrected chi connectivity index (χ0v) is 16.2. The molecule has 0 bridgehead atoms. The van der Waals surface area contributed by atoms with Gasteiger partial charge in [0.15, 0.2) is 0 Å². The molecule has 0 radical (unpaired) electrons. The standard InChI is InChI=1S/C20H22N2O4S/c1-3-14-7-5-8-15(4-2)19(14)21-20(24)16-9-6-10-17(13-16)22-18(23)11-12-27(22,25)26/h5-10,13H,3-4,11-12H2,1-2H3,(H,21,24). The van der Waals surface area contributed by atoms with Crippen molar-refractivity contribution in [1.29, 1.82) is 0 Å². The first kappa shape index (κ1) is 19.1. The van der Waals surface area contributed by atoms with Crippen LogP contribution in [0.4, 0.5) is 11.4 Å². The molecule has 6 nitrogen and oxygen atoms in total. The number of sulfonamides is 1. The summed E-state index contributed by atoms with van der Waals surface area (Å²) in [5, 5.41) is 2.96. The van der Waals surface area contributed by atoms with Crippen molar-refractivity contribution in [3.63, 3.8) is 0 Å². The maximum Gasteiger partial charge on any atom is 0.255 e. The van der Waals surface area contributed by atoms with Gasteiger partial charge in [0.05, 0.1) is 11.4 Å². The van der Waals surface area contributed by atoms with Crippen LogP contribution >= 0.6 is 0 Å². The van der Waals surface area contributed by atoms with Gasteiger partial charge in [0.25, 0.3) is 5.91 Å². The third kappa shape index (κ3) is 3.73. The van der Waals surface area contributed by atoms with Crippen LogP contribution in [0.3, 0.4) is 0 Å². The normalized spacial score (nSPS) is 15.8. The number of aryl methyl sites for hydroxylation is 2. The molecule has 0 saturated carbocycles. The first-order valence-electron chi connectivity index (χ1n) is 8.95. The summed E-state index contributed by atoms with van der Waals surface area (Å²) in [4.78, 5) is 24.8. The van der Waals surface area contributed by atoms with Gasteiger partial charge in [0.1, 0.15) is 0 Å². The number of amides is 2. The number of hydrogen-bond donors (Lipinski definition) is 1. The Bertz CT molecular complexity index is 977. The average molecular weight is 386 g/mol. The molecule has 1 fully saturated rings. The molecule has 1 aliphatic rings. The van der Waals surface area contributed by atoms with E-state index in [0.717, 1.165) is 34.0 Å². The van der Waals surface area contributed by atoms with Gasteiger partial charge in [-0.3, -0.25) is 9.59 Å². The van der Waals surface area contributed by atoms with E-state index < -0.39 is 15.9 Å². The van der Waals surface area contributed by atoms with E-state index in [0.29, 0.717) is 5.56 Å². The van der Waals surface area contributed by atoms with E-state index in [-0.39, 0.29) is 23.8 Å². The number of carbonyl (C=O) groups is 2. The molecule has 0 aliphatic carbocycles. The van der Waals surface area contributed by atoms with Gasteiger partial charge >= 0.3 is 0 Å². The van der Waals surface area contributed by atoms with Gasteiger partial charge in [-0.2, -0.15) is 0 Å². The van der Waals surface area contributed by atoms with Crippen molar-refractivity contribution in [2.24, 2.45) is 0 Å². The van der Waals surface area contributed by atoms with Crippen molar-refractivity contribution in [2.45, 2.75) is 33.1 Å². The highest BCUT2D eigenvalue weighted by molar-refractivity contribution is 7.94. The molecule has 0 spiro atoms. The zero-order valence-electron chi connectivity index (χ0n) is 15.4. The molecule has 142 valence electrons. The molecule has 7 heteroatoms. The van der Waals surface area contributed by atoms with Crippen molar-refractivity contribution in [3.05, 3.63) is 59.2 Å². The molecule has 1 aliphatic heterocycles. The van der Waals surface area contributed by atoms with E-state index in [1.165, 1.54) is 12.1 Å². The number of nitrogens with zero attached hydrogens (tertiary/aromatic N) is 1. The summed E-state index contributed by atoms with van der Waals surface area (Å²) < 4.78 is 25.0. The number of benzene rings is 2. The molecular formula is C20H22N2O4S. The Morgan fingerprint density at radius 3 is 2.26 bits per heavy atom. The van der Waals surface area contributed by atoms with Gasteiger partial charge in [0, 0.05) is 17.7 Å². The molecule has 1 N–H and O–H groups in total. The topological polar surface area (TPSA) is 83.6 Å². The second kappa shape index (κ2) is 7.52. The number of para-hydroxylation sites is 1. The highest BCUT2D eigenvalue weighted by Gasteiger charge is 2.36. The first-order valence-corrected chi connectivity index (χ1v) is 10.6. The van der Waals surface area contributed by atoms with Gasteiger partial charge < -0.3 is 5.32 Å². The molecule has 27 heavy (non-hydrogen) atoms. The predicted octanol–water partition coefficient (Wildman–Crippen LogP) is 3.13. The number of hydrogen-bond acceptors (Lipinski definition) is 4. The smallest absolute Gasteiger partial charge is 0.255 e. The van der Waals surface area contributed by atoms with E-state index in [1.807, 2.05) is 32.0 Å².